The van der Waals surface area contributed by atoms with E-state index in [4.69, 9.17) is 10.00 Å². The summed E-state index contributed by atoms with van der Waals surface area (Å²) in [6, 6.07) is 12.0. The van der Waals surface area contributed by atoms with E-state index in [-0.39, 0.29) is 12.6 Å². The third-order valence-corrected chi connectivity index (χ3v) is 3.43. The summed E-state index contributed by atoms with van der Waals surface area (Å²) in [4.78, 5) is 12.2. The van der Waals surface area contributed by atoms with Crippen LogP contribution in [0.15, 0.2) is 30.3 Å². The van der Waals surface area contributed by atoms with Gasteiger partial charge in [0.1, 0.15) is 5.56 Å². The van der Waals surface area contributed by atoms with Crippen LogP contribution in [0.25, 0.3) is 0 Å². The van der Waals surface area contributed by atoms with Crippen molar-refractivity contribution in [2.75, 3.05) is 6.61 Å². The predicted molar refractivity (Wildman–Crippen MR) is 82.4 cm³/mol. The van der Waals surface area contributed by atoms with Crippen LogP contribution in [0, 0.1) is 25.2 Å². The Morgan fingerprint density at radius 1 is 1.32 bits per heavy atom. The number of benzene rings is 1. The van der Waals surface area contributed by atoms with Gasteiger partial charge in [0.05, 0.1) is 30.6 Å². The molecule has 0 saturated carbocycles. The molecule has 114 valence electrons. The van der Waals surface area contributed by atoms with Gasteiger partial charge in [-0.1, -0.05) is 30.3 Å². The van der Waals surface area contributed by atoms with Crippen LogP contribution in [0.3, 0.4) is 0 Å². The predicted octanol–water partition coefficient (Wildman–Crippen LogP) is 3.01. The topological polar surface area (TPSA) is 67.9 Å². The van der Waals surface area contributed by atoms with Crippen molar-refractivity contribution in [3.63, 3.8) is 0 Å². The van der Waals surface area contributed by atoms with E-state index in [1.165, 1.54) is 0 Å². The highest BCUT2D eigenvalue weighted by Gasteiger charge is 2.19. The molecule has 0 bridgehead atoms. The quantitative estimate of drug-likeness (QED) is 0.607. The maximum Gasteiger partial charge on any atom is 0.341 e. The molecule has 2 aromatic rings. The second-order valence-electron chi connectivity index (χ2n) is 5.09. The third kappa shape index (κ3) is 3.73. The van der Waals surface area contributed by atoms with Crippen LogP contribution >= 0.6 is 0 Å². The first-order valence-electron chi connectivity index (χ1n) is 7.25. The van der Waals surface area contributed by atoms with Crippen LogP contribution in [-0.2, 0) is 11.3 Å². The van der Waals surface area contributed by atoms with Gasteiger partial charge in [-0.3, -0.25) is 4.68 Å². The number of rotatable bonds is 6. The average Bonchev–Trinajstić information content (AvgIpc) is 2.79. The fourth-order valence-electron chi connectivity index (χ4n) is 2.29. The zero-order chi connectivity index (χ0) is 15.9. The fourth-order valence-corrected chi connectivity index (χ4v) is 2.29. The Bertz CT molecular complexity index is 684. The molecule has 0 spiro atoms. The van der Waals surface area contributed by atoms with Gasteiger partial charge in [-0.15, -0.1) is 0 Å². The fraction of sp³-hybridized carbons (Fsp3) is 0.353. The highest BCUT2D eigenvalue weighted by atomic mass is 16.5. The molecule has 0 fully saturated rings. The van der Waals surface area contributed by atoms with Crippen molar-refractivity contribution in [2.24, 2.45) is 0 Å². The maximum atomic E-state index is 12.2. The summed E-state index contributed by atoms with van der Waals surface area (Å²) < 4.78 is 7.03. The molecule has 0 aliphatic carbocycles. The molecular weight excluding hydrogens is 278 g/mol. The molecule has 0 atom stereocenters. The van der Waals surface area contributed by atoms with Gasteiger partial charge in [-0.25, -0.2) is 4.79 Å². The van der Waals surface area contributed by atoms with Crippen LogP contribution < -0.4 is 0 Å². The Balaban J connectivity index is 2.10. The zero-order valence-electron chi connectivity index (χ0n) is 12.9. The van der Waals surface area contributed by atoms with E-state index < -0.39 is 0 Å². The zero-order valence-corrected chi connectivity index (χ0v) is 12.9. The summed E-state index contributed by atoms with van der Waals surface area (Å²) in [7, 11) is 0. The summed E-state index contributed by atoms with van der Waals surface area (Å²) >= 11 is 0. The van der Waals surface area contributed by atoms with E-state index in [1.807, 2.05) is 48.0 Å². The number of nitriles is 1. The van der Waals surface area contributed by atoms with E-state index in [0.29, 0.717) is 30.6 Å². The molecule has 5 nitrogen and oxygen atoms in total. The highest BCUT2D eigenvalue weighted by Crippen LogP contribution is 2.16. The normalized spacial score (nSPS) is 10.2. The minimum absolute atomic E-state index is 0.259. The van der Waals surface area contributed by atoms with Gasteiger partial charge < -0.3 is 4.74 Å². The molecule has 1 aromatic carbocycles. The van der Waals surface area contributed by atoms with Crippen molar-refractivity contribution in [3.05, 3.63) is 52.8 Å². The van der Waals surface area contributed by atoms with Crippen molar-refractivity contribution < 1.29 is 9.53 Å². The molecule has 0 unspecified atom stereocenters. The number of aryl methyl sites for hydroxylation is 1. The second-order valence-corrected chi connectivity index (χ2v) is 5.09. The van der Waals surface area contributed by atoms with Gasteiger partial charge >= 0.3 is 5.97 Å². The van der Waals surface area contributed by atoms with Crippen molar-refractivity contribution in [1.82, 2.24) is 9.78 Å². The van der Waals surface area contributed by atoms with Crippen molar-refractivity contribution in [3.8, 4) is 6.07 Å². The summed E-state index contributed by atoms with van der Waals surface area (Å²) in [6.07, 6.45) is 0.941. The van der Waals surface area contributed by atoms with Crippen LogP contribution in [0.4, 0.5) is 0 Å². The van der Waals surface area contributed by atoms with E-state index >= 15 is 0 Å². The molecule has 1 aromatic heterocycles. The smallest absolute Gasteiger partial charge is 0.341 e. The number of esters is 1. The molecule has 1 heterocycles. The molecule has 0 aliphatic rings. The lowest BCUT2D eigenvalue weighted by molar-refractivity contribution is 0.0500. The molecule has 22 heavy (non-hydrogen) atoms. The summed E-state index contributed by atoms with van der Waals surface area (Å²) in [5.74, 6) is -0.368. The van der Waals surface area contributed by atoms with E-state index in [0.717, 1.165) is 11.3 Å². The Kier molecular flexibility index (Phi) is 5.31. The van der Waals surface area contributed by atoms with Gasteiger partial charge in [-0.2, -0.15) is 10.4 Å². The first kappa shape index (κ1) is 15.8. The van der Waals surface area contributed by atoms with Gasteiger partial charge in [0.2, 0.25) is 0 Å². The van der Waals surface area contributed by atoms with Crippen LogP contribution in [0.2, 0.25) is 0 Å². The standard InChI is InChI=1S/C17H19N3O2/c1-13-16(17(21)22-11-7-6-10-18)14(2)20(19-13)12-15-8-4-3-5-9-15/h3-5,8-9H,6-7,11-12H2,1-2H3. The Hall–Kier alpha value is -2.61. The number of unbranched alkanes of at least 4 members (excludes halogenated alkanes) is 1. The van der Waals surface area contributed by atoms with E-state index in [9.17, 15) is 4.79 Å². The lowest BCUT2D eigenvalue weighted by atomic mass is 10.2. The lowest BCUT2D eigenvalue weighted by Gasteiger charge is -2.06. The highest BCUT2D eigenvalue weighted by molar-refractivity contribution is 5.91. The number of aromatic nitrogens is 2. The first-order chi connectivity index (χ1) is 10.6. The number of nitrogens with zero attached hydrogens (tertiary/aromatic N) is 3. The van der Waals surface area contributed by atoms with Crippen molar-refractivity contribution in [2.45, 2.75) is 33.2 Å². The number of hydrogen-bond donors (Lipinski definition) is 0. The summed E-state index contributed by atoms with van der Waals surface area (Å²) in [5, 5.41) is 12.9. The molecular formula is C17H19N3O2. The Labute approximate surface area is 130 Å². The van der Waals surface area contributed by atoms with Crippen molar-refractivity contribution in [1.29, 1.82) is 5.26 Å². The van der Waals surface area contributed by atoms with Gasteiger partial charge in [0.15, 0.2) is 0 Å². The van der Waals surface area contributed by atoms with Crippen LogP contribution in [0.1, 0.15) is 40.2 Å². The number of ether oxygens (including phenoxy) is 1. The summed E-state index contributed by atoms with van der Waals surface area (Å²) in [5.41, 5.74) is 3.11. The molecule has 0 radical (unpaired) electrons. The first-order valence-corrected chi connectivity index (χ1v) is 7.25. The van der Waals surface area contributed by atoms with Gasteiger partial charge in [0, 0.05) is 6.42 Å². The summed E-state index contributed by atoms with van der Waals surface area (Å²) in [6.45, 7) is 4.56. The van der Waals surface area contributed by atoms with Gasteiger partial charge in [-0.05, 0) is 25.8 Å². The molecule has 0 N–H and O–H groups in total. The third-order valence-electron chi connectivity index (χ3n) is 3.43. The molecule has 0 saturated heterocycles. The molecule has 2 rings (SSSR count). The molecule has 0 amide bonds. The monoisotopic (exact) mass is 297 g/mol. The lowest BCUT2D eigenvalue weighted by Crippen LogP contribution is -2.10. The molecule has 0 aliphatic heterocycles. The van der Waals surface area contributed by atoms with Crippen LogP contribution in [0.5, 0.6) is 0 Å². The maximum absolute atomic E-state index is 12.2. The van der Waals surface area contributed by atoms with E-state index in [2.05, 4.69) is 5.10 Å². The Morgan fingerprint density at radius 2 is 2.05 bits per heavy atom. The van der Waals surface area contributed by atoms with E-state index in [1.54, 1.807) is 6.92 Å². The minimum atomic E-state index is -0.368. The van der Waals surface area contributed by atoms with Crippen molar-refractivity contribution >= 4 is 5.97 Å². The second kappa shape index (κ2) is 7.41. The SMILES string of the molecule is Cc1nn(Cc2ccccc2)c(C)c1C(=O)OCCCC#N. The largest absolute Gasteiger partial charge is 0.462 e. The van der Waals surface area contributed by atoms with Crippen LogP contribution in [-0.4, -0.2) is 22.4 Å². The number of carbonyl (C=O) groups is 1. The average molecular weight is 297 g/mol. The van der Waals surface area contributed by atoms with Gasteiger partial charge in [0.25, 0.3) is 0 Å². The number of hydrogen-bond acceptors (Lipinski definition) is 4. The minimum Gasteiger partial charge on any atom is -0.462 e. The molecule has 5 heteroatoms. The number of carbonyl (C=O) groups excluding carboxylic acids is 1. The Morgan fingerprint density at radius 3 is 2.73 bits per heavy atom.